The van der Waals surface area contributed by atoms with Gasteiger partial charge in [0, 0.05) is 52.9 Å². The molecular weight excluding hydrogens is 529 g/mol. The van der Waals surface area contributed by atoms with Gasteiger partial charge >= 0.3 is 0 Å². The first-order valence-electron chi connectivity index (χ1n) is 11.3. The lowest BCUT2D eigenvalue weighted by molar-refractivity contribution is -0.122. The molecule has 0 atom stereocenters. The minimum atomic E-state index is -0.113. The van der Waals surface area contributed by atoms with Crippen LogP contribution < -0.4 is 15.4 Å². The van der Waals surface area contributed by atoms with Crippen molar-refractivity contribution in [2.24, 2.45) is 4.99 Å². The fraction of sp³-hybridized carbons (Fsp3) is 0.440. The van der Waals surface area contributed by atoms with Crippen LogP contribution >= 0.6 is 24.0 Å². The molecule has 2 N–H and O–H groups in total. The molecule has 0 unspecified atom stereocenters. The third-order valence-corrected chi connectivity index (χ3v) is 5.47. The lowest BCUT2D eigenvalue weighted by Gasteiger charge is -2.36. The number of hydrogen-bond donors (Lipinski definition) is 2. The number of amides is 1. The molecule has 0 aromatic heterocycles. The zero-order chi connectivity index (χ0) is 22.8. The highest BCUT2D eigenvalue weighted by Crippen LogP contribution is 2.14. The summed E-state index contributed by atoms with van der Waals surface area (Å²) in [5.74, 6) is 1.49. The molecule has 3 rings (SSSR count). The lowest BCUT2D eigenvalue weighted by atomic mass is 10.1. The molecule has 0 saturated carbocycles. The number of rotatable bonds is 8. The molecule has 33 heavy (non-hydrogen) atoms. The van der Waals surface area contributed by atoms with E-state index in [9.17, 15) is 4.79 Å². The molecular formula is C25H36IN5O2. The van der Waals surface area contributed by atoms with Crippen LogP contribution in [0.4, 0.5) is 0 Å². The zero-order valence-electron chi connectivity index (χ0n) is 19.8. The smallest absolute Gasteiger partial charge is 0.257 e. The molecule has 1 saturated heterocycles. The topological polar surface area (TPSA) is 69.2 Å². The highest BCUT2D eigenvalue weighted by Gasteiger charge is 2.19. The Morgan fingerprint density at radius 1 is 1.03 bits per heavy atom. The Morgan fingerprint density at radius 3 is 2.45 bits per heavy atom. The Balaban J connectivity index is 0.00000385. The average Bonchev–Trinajstić information content (AvgIpc) is 2.80. The number of halogens is 1. The maximum atomic E-state index is 11.6. The summed E-state index contributed by atoms with van der Waals surface area (Å²) in [4.78, 5) is 20.9. The van der Waals surface area contributed by atoms with Gasteiger partial charge in [-0.25, -0.2) is 0 Å². The van der Waals surface area contributed by atoms with Crippen LogP contribution in [-0.4, -0.2) is 68.0 Å². The minimum absolute atomic E-state index is 0. The van der Waals surface area contributed by atoms with Crippen molar-refractivity contribution in [1.29, 1.82) is 0 Å². The fourth-order valence-electron chi connectivity index (χ4n) is 3.84. The van der Waals surface area contributed by atoms with Gasteiger partial charge in [-0.1, -0.05) is 42.0 Å². The van der Waals surface area contributed by atoms with E-state index in [2.05, 4.69) is 56.6 Å². The van der Waals surface area contributed by atoms with Gasteiger partial charge in [0.15, 0.2) is 12.6 Å². The summed E-state index contributed by atoms with van der Waals surface area (Å²) in [6, 6.07) is 16.5. The van der Waals surface area contributed by atoms with Gasteiger partial charge in [0.1, 0.15) is 5.75 Å². The van der Waals surface area contributed by atoms with E-state index in [1.165, 1.54) is 11.1 Å². The minimum Gasteiger partial charge on any atom is -0.484 e. The van der Waals surface area contributed by atoms with Gasteiger partial charge in [-0.05, 0) is 37.1 Å². The molecule has 1 amide bonds. The number of guanidine groups is 1. The fourth-order valence-corrected chi connectivity index (χ4v) is 3.84. The number of aryl methyl sites for hydroxylation is 1. The number of benzene rings is 2. The predicted octanol–water partition coefficient (Wildman–Crippen LogP) is 3.02. The number of aliphatic imine (C=N–C) groups is 1. The monoisotopic (exact) mass is 565 g/mol. The highest BCUT2D eigenvalue weighted by atomic mass is 127. The number of nitrogens with zero attached hydrogens (tertiary/aromatic N) is 3. The van der Waals surface area contributed by atoms with Gasteiger partial charge in [-0.2, -0.15) is 0 Å². The van der Waals surface area contributed by atoms with E-state index < -0.39 is 0 Å². The Morgan fingerprint density at radius 2 is 1.76 bits per heavy atom. The van der Waals surface area contributed by atoms with E-state index in [-0.39, 0.29) is 36.5 Å². The van der Waals surface area contributed by atoms with Crippen LogP contribution in [0.3, 0.4) is 0 Å². The molecule has 0 bridgehead atoms. The molecule has 1 heterocycles. The molecule has 1 fully saturated rings. The van der Waals surface area contributed by atoms with Crippen molar-refractivity contribution in [1.82, 2.24) is 20.4 Å². The van der Waals surface area contributed by atoms with Crippen molar-refractivity contribution >= 4 is 35.8 Å². The standard InChI is InChI=1S/C25H35N5O2.HI/c1-4-27-24(31)19-32-23-10-6-8-21(16-23)17-28-25(26-3)30-13-11-29(12-14-30)18-22-9-5-7-20(2)15-22;/h5-10,15-16H,4,11-14,17-19H2,1-3H3,(H,26,28)(H,27,31);1H. The number of carbonyl (C=O) groups excluding carboxylic acids is 1. The second-order valence-electron chi connectivity index (χ2n) is 8.04. The van der Waals surface area contributed by atoms with Gasteiger partial charge < -0.3 is 20.3 Å². The molecule has 0 spiro atoms. The lowest BCUT2D eigenvalue weighted by Crippen LogP contribution is -2.52. The van der Waals surface area contributed by atoms with Crippen molar-refractivity contribution in [3.05, 3.63) is 65.2 Å². The third-order valence-electron chi connectivity index (χ3n) is 5.47. The van der Waals surface area contributed by atoms with Crippen LogP contribution in [0.15, 0.2) is 53.5 Å². The first-order valence-corrected chi connectivity index (χ1v) is 11.3. The third kappa shape index (κ3) is 8.85. The summed E-state index contributed by atoms with van der Waals surface area (Å²) in [6.45, 7) is 10.2. The van der Waals surface area contributed by atoms with E-state index in [0.717, 1.165) is 44.2 Å². The van der Waals surface area contributed by atoms with Crippen LogP contribution in [0.5, 0.6) is 5.75 Å². The van der Waals surface area contributed by atoms with Crippen LogP contribution in [0.1, 0.15) is 23.6 Å². The van der Waals surface area contributed by atoms with Crippen LogP contribution in [0.25, 0.3) is 0 Å². The Bertz CT molecular complexity index is 913. The molecule has 0 radical (unpaired) electrons. The van der Waals surface area contributed by atoms with E-state index in [0.29, 0.717) is 18.8 Å². The van der Waals surface area contributed by atoms with Crippen molar-refractivity contribution in [2.75, 3.05) is 46.4 Å². The molecule has 2 aromatic rings. The summed E-state index contributed by atoms with van der Waals surface area (Å²) in [5.41, 5.74) is 3.76. The molecule has 180 valence electrons. The molecule has 2 aromatic carbocycles. The first-order chi connectivity index (χ1) is 15.6. The second-order valence-corrected chi connectivity index (χ2v) is 8.04. The zero-order valence-corrected chi connectivity index (χ0v) is 22.2. The number of carbonyl (C=O) groups is 1. The van der Waals surface area contributed by atoms with Crippen LogP contribution in [0, 0.1) is 6.92 Å². The number of hydrogen-bond acceptors (Lipinski definition) is 4. The van der Waals surface area contributed by atoms with Crippen molar-refractivity contribution in [2.45, 2.75) is 26.9 Å². The van der Waals surface area contributed by atoms with Gasteiger partial charge in [0.25, 0.3) is 5.91 Å². The summed E-state index contributed by atoms with van der Waals surface area (Å²) in [6.07, 6.45) is 0. The number of likely N-dealkylation sites (N-methyl/N-ethyl adjacent to an activating group) is 1. The summed E-state index contributed by atoms with van der Waals surface area (Å²) in [5, 5.41) is 6.19. The Hall–Kier alpha value is -2.33. The normalized spacial score (nSPS) is 14.4. The Kier molecular flexibility index (Phi) is 11.5. The van der Waals surface area contributed by atoms with Gasteiger partial charge in [0.05, 0.1) is 0 Å². The van der Waals surface area contributed by atoms with Gasteiger partial charge in [-0.15, -0.1) is 24.0 Å². The molecule has 1 aliphatic rings. The maximum Gasteiger partial charge on any atom is 0.257 e. The number of piperazine rings is 1. The van der Waals surface area contributed by atoms with E-state index in [4.69, 9.17) is 4.74 Å². The molecule has 7 nitrogen and oxygen atoms in total. The van der Waals surface area contributed by atoms with Gasteiger partial charge in [0.2, 0.25) is 0 Å². The SMILES string of the molecule is CCNC(=O)COc1cccc(CNC(=NC)N2CCN(Cc3cccc(C)c3)CC2)c1.I. The van der Waals surface area contributed by atoms with Crippen LogP contribution in [0.2, 0.25) is 0 Å². The van der Waals surface area contributed by atoms with Crippen molar-refractivity contribution < 1.29 is 9.53 Å². The maximum absolute atomic E-state index is 11.6. The first kappa shape index (κ1) is 26.9. The van der Waals surface area contributed by atoms with Crippen LogP contribution in [-0.2, 0) is 17.9 Å². The highest BCUT2D eigenvalue weighted by molar-refractivity contribution is 14.0. The molecule has 0 aliphatic carbocycles. The van der Waals surface area contributed by atoms with Gasteiger partial charge in [-0.3, -0.25) is 14.7 Å². The largest absolute Gasteiger partial charge is 0.484 e. The summed E-state index contributed by atoms with van der Waals surface area (Å²) in [7, 11) is 1.83. The summed E-state index contributed by atoms with van der Waals surface area (Å²) >= 11 is 0. The van der Waals surface area contributed by atoms with Crippen molar-refractivity contribution in [3.8, 4) is 5.75 Å². The van der Waals surface area contributed by atoms with E-state index in [1.807, 2.05) is 38.2 Å². The average molecular weight is 566 g/mol. The quantitative estimate of drug-likeness (QED) is 0.293. The van der Waals surface area contributed by atoms with E-state index in [1.54, 1.807) is 0 Å². The summed E-state index contributed by atoms with van der Waals surface area (Å²) < 4.78 is 5.59. The second kappa shape index (κ2) is 14.0. The Labute approximate surface area is 214 Å². The van der Waals surface area contributed by atoms with E-state index >= 15 is 0 Å². The van der Waals surface area contributed by atoms with Crippen molar-refractivity contribution in [3.63, 3.8) is 0 Å². The number of ether oxygens (including phenoxy) is 1. The molecule has 8 heteroatoms. The predicted molar refractivity (Wildman–Crippen MR) is 144 cm³/mol. The number of nitrogens with one attached hydrogen (secondary N) is 2. The molecule has 1 aliphatic heterocycles.